The van der Waals surface area contributed by atoms with Gasteiger partial charge in [0.05, 0.1) is 5.52 Å². The predicted octanol–water partition coefficient (Wildman–Crippen LogP) is 4.00. The average Bonchev–Trinajstić information content (AvgIpc) is 2.87. The van der Waals surface area contributed by atoms with Crippen molar-refractivity contribution in [1.82, 2.24) is 20.2 Å². The molecule has 0 atom stereocenters. The highest BCUT2D eigenvalue weighted by Crippen LogP contribution is 2.28. The Bertz CT molecular complexity index is 755. The topological polar surface area (TPSA) is 63.6 Å². The molecule has 0 spiro atoms. The van der Waals surface area contributed by atoms with Crippen LogP contribution in [0.15, 0.2) is 24.3 Å². The largest absolute Gasteiger partial charge is 0.314 e. The average molecular weight is 306 g/mol. The van der Waals surface area contributed by atoms with Crippen LogP contribution in [0, 0.1) is 0 Å². The predicted molar refractivity (Wildman–Crippen MR) is 81.8 cm³/mol. The van der Waals surface area contributed by atoms with Crippen LogP contribution in [0.25, 0.3) is 10.9 Å². The van der Waals surface area contributed by atoms with Gasteiger partial charge in [0.2, 0.25) is 10.4 Å². The Morgan fingerprint density at radius 1 is 1.15 bits per heavy atom. The number of nitrogens with one attached hydrogen (secondary N) is 1. The molecule has 1 N–H and O–H groups in total. The van der Waals surface area contributed by atoms with Gasteiger partial charge in [0.1, 0.15) is 10.8 Å². The van der Waals surface area contributed by atoms with Crippen molar-refractivity contribution in [2.45, 2.75) is 19.8 Å². The number of anilines is 2. The summed E-state index contributed by atoms with van der Waals surface area (Å²) in [4.78, 5) is 8.43. The molecule has 0 bridgehead atoms. The van der Waals surface area contributed by atoms with E-state index in [1.807, 2.05) is 24.3 Å². The van der Waals surface area contributed by atoms with Crippen molar-refractivity contribution in [2.24, 2.45) is 0 Å². The number of nitrogens with zero attached hydrogens (tertiary/aromatic N) is 4. The highest BCUT2D eigenvalue weighted by molar-refractivity contribution is 7.15. The summed E-state index contributed by atoms with van der Waals surface area (Å²) in [7, 11) is 0. The number of hydrogen-bond acceptors (Lipinski definition) is 6. The Hall–Kier alpha value is -1.79. The fraction of sp³-hybridized carbons (Fsp3) is 0.231. The van der Waals surface area contributed by atoms with Crippen molar-refractivity contribution in [2.75, 3.05) is 5.32 Å². The lowest BCUT2D eigenvalue weighted by Gasteiger charge is -2.05. The minimum absolute atomic E-state index is 0.208. The molecule has 1 aromatic carbocycles. The summed E-state index contributed by atoms with van der Waals surface area (Å²) in [5.74, 6) is 1.00. The SMILES string of the molecule is CC(C)c1nnc(Nc2nc(Cl)nc3ccccc23)s1. The first-order valence-corrected chi connectivity index (χ1v) is 7.35. The van der Waals surface area contributed by atoms with E-state index in [-0.39, 0.29) is 5.28 Å². The van der Waals surface area contributed by atoms with Gasteiger partial charge in [-0.05, 0) is 23.7 Å². The molecule has 3 rings (SSSR count). The molecule has 0 unspecified atom stereocenters. The summed E-state index contributed by atoms with van der Waals surface area (Å²) in [5.41, 5.74) is 0.795. The summed E-state index contributed by atoms with van der Waals surface area (Å²) in [6.07, 6.45) is 0. The molecule has 0 radical (unpaired) electrons. The monoisotopic (exact) mass is 305 g/mol. The number of para-hydroxylation sites is 1. The highest BCUT2D eigenvalue weighted by atomic mass is 35.5. The first-order chi connectivity index (χ1) is 9.63. The molecule has 0 aliphatic rings. The normalized spacial score (nSPS) is 11.2. The molecule has 7 heteroatoms. The van der Waals surface area contributed by atoms with Crippen molar-refractivity contribution < 1.29 is 0 Å². The smallest absolute Gasteiger partial charge is 0.224 e. The third-order valence-electron chi connectivity index (χ3n) is 2.74. The van der Waals surface area contributed by atoms with E-state index in [4.69, 9.17) is 11.6 Å². The second-order valence-corrected chi connectivity index (χ2v) is 5.93. The van der Waals surface area contributed by atoms with Crippen LogP contribution >= 0.6 is 22.9 Å². The van der Waals surface area contributed by atoms with Crippen molar-refractivity contribution >= 4 is 44.8 Å². The fourth-order valence-electron chi connectivity index (χ4n) is 1.76. The maximum absolute atomic E-state index is 5.95. The molecule has 5 nitrogen and oxygen atoms in total. The summed E-state index contributed by atoms with van der Waals surface area (Å²) in [6, 6.07) is 7.69. The number of hydrogen-bond donors (Lipinski definition) is 1. The molecular weight excluding hydrogens is 294 g/mol. The van der Waals surface area contributed by atoms with Crippen molar-refractivity contribution in [1.29, 1.82) is 0 Å². The lowest BCUT2D eigenvalue weighted by molar-refractivity contribution is 0.825. The van der Waals surface area contributed by atoms with Gasteiger partial charge in [0.15, 0.2) is 0 Å². The molecule has 0 fully saturated rings. The molecule has 2 heterocycles. The zero-order valence-electron chi connectivity index (χ0n) is 11.0. The van der Waals surface area contributed by atoms with Gasteiger partial charge in [0.25, 0.3) is 0 Å². The summed E-state index contributed by atoms with van der Waals surface area (Å²) >= 11 is 7.46. The van der Waals surface area contributed by atoms with Gasteiger partial charge in [-0.25, -0.2) is 4.98 Å². The van der Waals surface area contributed by atoms with Crippen molar-refractivity contribution in [3.63, 3.8) is 0 Å². The van der Waals surface area contributed by atoms with Crippen LogP contribution in [-0.4, -0.2) is 20.2 Å². The molecule has 102 valence electrons. The van der Waals surface area contributed by atoms with Gasteiger partial charge in [-0.2, -0.15) is 4.98 Å². The highest BCUT2D eigenvalue weighted by Gasteiger charge is 2.11. The molecule has 0 aliphatic heterocycles. The van der Waals surface area contributed by atoms with Crippen LogP contribution in [0.5, 0.6) is 0 Å². The second-order valence-electron chi connectivity index (χ2n) is 4.58. The van der Waals surface area contributed by atoms with Crippen LogP contribution in [0.3, 0.4) is 0 Å². The standard InChI is InChI=1S/C13H12ClN5S/c1-7(2)11-18-19-13(20-11)17-10-8-5-3-4-6-9(8)15-12(14)16-10/h3-7H,1-2H3,(H,15,16,17,19). The lowest BCUT2D eigenvalue weighted by Crippen LogP contribution is -1.96. The quantitative estimate of drug-likeness (QED) is 0.741. The van der Waals surface area contributed by atoms with Crippen LogP contribution in [-0.2, 0) is 0 Å². The zero-order valence-corrected chi connectivity index (χ0v) is 12.5. The van der Waals surface area contributed by atoms with Crippen molar-refractivity contribution in [3.8, 4) is 0 Å². The van der Waals surface area contributed by atoms with E-state index in [1.54, 1.807) is 0 Å². The van der Waals surface area contributed by atoms with E-state index in [2.05, 4.69) is 39.3 Å². The van der Waals surface area contributed by atoms with E-state index in [9.17, 15) is 0 Å². The Balaban J connectivity index is 2.01. The molecule has 0 saturated heterocycles. The first-order valence-electron chi connectivity index (χ1n) is 6.16. The number of halogens is 1. The van der Waals surface area contributed by atoms with Gasteiger partial charge in [-0.15, -0.1) is 10.2 Å². The van der Waals surface area contributed by atoms with E-state index >= 15 is 0 Å². The molecule has 0 saturated carbocycles. The number of aromatic nitrogens is 4. The van der Waals surface area contributed by atoms with Crippen molar-refractivity contribution in [3.05, 3.63) is 34.6 Å². The molecule has 0 aliphatic carbocycles. The fourth-order valence-corrected chi connectivity index (χ4v) is 2.68. The van der Waals surface area contributed by atoms with Gasteiger partial charge >= 0.3 is 0 Å². The minimum atomic E-state index is 0.208. The molecule has 0 amide bonds. The first kappa shape index (κ1) is 13.2. The maximum Gasteiger partial charge on any atom is 0.224 e. The summed E-state index contributed by atoms with van der Waals surface area (Å²) in [6.45, 7) is 4.17. The van der Waals surface area contributed by atoms with E-state index < -0.39 is 0 Å². The Labute approximate surface area is 125 Å². The lowest BCUT2D eigenvalue weighted by atomic mass is 10.2. The van der Waals surface area contributed by atoms with Crippen LogP contribution in [0.2, 0.25) is 5.28 Å². The zero-order chi connectivity index (χ0) is 14.1. The molecule has 2 aromatic heterocycles. The van der Waals surface area contributed by atoms with Gasteiger partial charge in [-0.3, -0.25) is 0 Å². The maximum atomic E-state index is 5.95. The molecule has 20 heavy (non-hydrogen) atoms. The Morgan fingerprint density at radius 2 is 1.95 bits per heavy atom. The van der Waals surface area contributed by atoms with Crippen LogP contribution in [0.1, 0.15) is 24.8 Å². The third-order valence-corrected chi connectivity index (χ3v) is 4.04. The molecule has 3 aromatic rings. The van der Waals surface area contributed by atoms with Gasteiger partial charge in [0, 0.05) is 11.3 Å². The summed E-state index contributed by atoms with van der Waals surface area (Å²) in [5, 5.41) is 14.2. The van der Waals surface area contributed by atoms with Gasteiger partial charge < -0.3 is 5.32 Å². The number of rotatable bonds is 3. The number of benzene rings is 1. The summed E-state index contributed by atoms with van der Waals surface area (Å²) < 4.78 is 0. The Kier molecular flexibility index (Phi) is 3.50. The molecular formula is C13H12ClN5S. The minimum Gasteiger partial charge on any atom is -0.314 e. The third kappa shape index (κ3) is 2.57. The van der Waals surface area contributed by atoms with Gasteiger partial charge in [-0.1, -0.05) is 37.3 Å². The van der Waals surface area contributed by atoms with E-state index in [0.717, 1.165) is 15.9 Å². The van der Waals surface area contributed by atoms with E-state index in [1.165, 1.54) is 11.3 Å². The second kappa shape index (κ2) is 5.30. The number of fused-ring (bicyclic) bond motifs is 1. The van der Waals surface area contributed by atoms with Crippen LogP contribution in [0.4, 0.5) is 10.9 Å². The Morgan fingerprint density at radius 3 is 2.70 bits per heavy atom. The van der Waals surface area contributed by atoms with E-state index in [0.29, 0.717) is 16.9 Å². The van der Waals surface area contributed by atoms with Crippen LogP contribution < -0.4 is 5.32 Å².